The number of nitrogens with zero attached hydrogens (tertiary/aromatic N) is 2. The molecule has 0 bridgehead atoms. The third kappa shape index (κ3) is 5.19. The lowest BCUT2D eigenvalue weighted by atomic mass is 10.00. The Kier molecular flexibility index (Phi) is 7.70. The zero-order valence-electron chi connectivity index (χ0n) is 12.0. The second kappa shape index (κ2) is 9.34. The van der Waals surface area contributed by atoms with Gasteiger partial charge in [0.2, 0.25) is 0 Å². The van der Waals surface area contributed by atoms with Gasteiger partial charge in [0.05, 0.1) is 6.61 Å². The van der Waals surface area contributed by atoms with Crippen molar-refractivity contribution in [2.45, 2.75) is 31.7 Å². The van der Waals surface area contributed by atoms with Crippen molar-refractivity contribution < 1.29 is 14.6 Å². The first-order chi connectivity index (χ1) is 9.72. The molecule has 1 saturated heterocycles. The molecule has 0 aromatic rings. The van der Waals surface area contributed by atoms with E-state index in [1.165, 1.54) is 0 Å². The quantitative estimate of drug-likeness (QED) is 0.401. The number of aliphatic hydroxyl groups is 1. The van der Waals surface area contributed by atoms with Crippen molar-refractivity contribution in [1.29, 1.82) is 5.26 Å². The van der Waals surface area contributed by atoms with E-state index in [2.05, 4.69) is 5.32 Å². The Morgan fingerprint density at radius 2 is 2.40 bits per heavy atom. The fraction of sp³-hybridized carbons (Fsp3) is 0.714. The minimum absolute atomic E-state index is 0.103. The molecule has 6 heteroatoms. The summed E-state index contributed by atoms with van der Waals surface area (Å²) in [6.45, 7) is 1.74. The molecule has 0 saturated carbocycles. The van der Waals surface area contributed by atoms with Gasteiger partial charge in [-0.25, -0.2) is 0 Å². The smallest absolute Gasteiger partial charge is 0.263 e. The van der Waals surface area contributed by atoms with E-state index in [9.17, 15) is 4.79 Å². The average molecular weight is 281 g/mol. The van der Waals surface area contributed by atoms with Crippen molar-refractivity contribution >= 4 is 5.91 Å². The number of hydrogen-bond acceptors (Lipinski definition) is 5. The molecular weight excluding hydrogens is 258 g/mol. The molecule has 112 valence electrons. The molecule has 0 aromatic carbocycles. The van der Waals surface area contributed by atoms with Crippen LogP contribution in [0.25, 0.3) is 0 Å². The highest BCUT2D eigenvalue weighted by Gasteiger charge is 2.21. The van der Waals surface area contributed by atoms with Gasteiger partial charge >= 0.3 is 0 Å². The van der Waals surface area contributed by atoms with Gasteiger partial charge < -0.3 is 20.1 Å². The molecule has 1 rings (SSSR count). The molecule has 1 amide bonds. The number of piperidine rings is 1. The van der Waals surface area contributed by atoms with Crippen LogP contribution in [0.5, 0.6) is 0 Å². The van der Waals surface area contributed by atoms with Crippen LogP contribution >= 0.6 is 0 Å². The maximum atomic E-state index is 11.9. The van der Waals surface area contributed by atoms with E-state index in [1.807, 2.05) is 11.0 Å². The van der Waals surface area contributed by atoms with Gasteiger partial charge in [0.1, 0.15) is 11.6 Å². The molecule has 20 heavy (non-hydrogen) atoms. The van der Waals surface area contributed by atoms with E-state index in [0.29, 0.717) is 19.6 Å². The van der Waals surface area contributed by atoms with Crippen molar-refractivity contribution in [1.82, 2.24) is 10.2 Å². The summed E-state index contributed by atoms with van der Waals surface area (Å²) < 4.78 is 4.85. The molecule has 6 nitrogen and oxygen atoms in total. The zero-order chi connectivity index (χ0) is 14.8. The molecule has 1 fully saturated rings. The Labute approximate surface area is 120 Å². The Morgan fingerprint density at radius 1 is 1.60 bits per heavy atom. The second-order valence-corrected chi connectivity index (χ2v) is 4.80. The Balaban J connectivity index is 2.65. The van der Waals surface area contributed by atoms with Crippen molar-refractivity contribution in [3.05, 3.63) is 11.8 Å². The van der Waals surface area contributed by atoms with Crippen LogP contribution in [0.1, 0.15) is 25.7 Å². The monoisotopic (exact) mass is 281 g/mol. The summed E-state index contributed by atoms with van der Waals surface area (Å²) in [7, 11) is 1.56. The summed E-state index contributed by atoms with van der Waals surface area (Å²) >= 11 is 0. The van der Waals surface area contributed by atoms with Gasteiger partial charge in [-0.3, -0.25) is 4.79 Å². The molecule has 1 unspecified atom stereocenters. The Bertz CT molecular complexity index is 374. The predicted molar refractivity (Wildman–Crippen MR) is 74.6 cm³/mol. The summed E-state index contributed by atoms with van der Waals surface area (Å²) in [6.07, 6.45) is 5.45. The molecule has 0 spiro atoms. The third-order valence-electron chi connectivity index (χ3n) is 3.39. The first-order valence-corrected chi connectivity index (χ1v) is 6.98. The summed E-state index contributed by atoms with van der Waals surface area (Å²) in [6, 6.07) is 2.15. The van der Waals surface area contributed by atoms with Crippen molar-refractivity contribution in [2.24, 2.45) is 0 Å². The van der Waals surface area contributed by atoms with Crippen molar-refractivity contribution in [3.63, 3.8) is 0 Å². The summed E-state index contributed by atoms with van der Waals surface area (Å²) in [5.74, 6) is -0.377. The van der Waals surface area contributed by atoms with Crippen LogP contribution in [0.4, 0.5) is 0 Å². The van der Waals surface area contributed by atoms with Gasteiger partial charge in [0, 0.05) is 39.0 Å². The van der Waals surface area contributed by atoms with E-state index < -0.39 is 0 Å². The van der Waals surface area contributed by atoms with Crippen molar-refractivity contribution in [3.8, 4) is 6.07 Å². The van der Waals surface area contributed by atoms with E-state index in [1.54, 1.807) is 13.3 Å². The fourth-order valence-corrected chi connectivity index (χ4v) is 2.32. The minimum atomic E-state index is -0.377. The van der Waals surface area contributed by atoms with Crippen LogP contribution < -0.4 is 5.32 Å². The van der Waals surface area contributed by atoms with Crippen LogP contribution in [-0.2, 0) is 9.53 Å². The van der Waals surface area contributed by atoms with Crippen LogP contribution in [0, 0.1) is 11.3 Å². The van der Waals surface area contributed by atoms with Gasteiger partial charge in [0.25, 0.3) is 5.91 Å². The number of nitrogens with one attached hydrogen (secondary N) is 1. The van der Waals surface area contributed by atoms with E-state index >= 15 is 0 Å². The molecule has 1 aliphatic rings. The first-order valence-electron chi connectivity index (χ1n) is 6.98. The number of amides is 1. The van der Waals surface area contributed by atoms with Crippen molar-refractivity contribution in [2.75, 3.05) is 33.4 Å². The minimum Gasteiger partial charge on any atom is -0.396 e. The summed E-state index contributed by atoms with van der Waals surface area (Å²) in [5, 5.41) is 20.8. The van der Waals surface area contributed by atoms with Crippen LogP contribution in [-0.4, -0.2) is 55.4 Å². The van der Waals surface area contributed by atoms with Crippen LogP contribution in [0.15, 0.2) is 11.8 Å². The number of carbonyl (C=O) groups excluding carboxylic acids is 1. The number of nitriles is 1. The maximum Gasteiger partial charge on any atom is 0.263 e. The number of ether oxygens (including phenoxy) is 1. The topological polar surface area (TPSA) is 85.6 Å². The van der Waals surface area contributed by atoms with Crippen LogP contribution in [0.3, 0.4) is 0 Å². The molecule has 0 radical (unpaired) electrons. The zero-order valence-corrected chi connectivity index (χ0v) is 12.0. The Hall–Kier alpha value is -1.58. The molecule has 1 aliphatic heterocycles. The molecule has 2 N–H and O–H groups in total. The lowest BCUT2D eigenvalue weighted by molar-refractivity contribution is -0.117. The standard InChI is InChI=1S/C14H23N3O3/c1-20-9-6-16-14(19)12(10-15)11-17-7-3-2-4-13(17)5-8-18/h11,13,18H,2-9H2,1H3,(H,16,19)/b12-11-. The molecular formula is C14H23N3O3. The highest BCUT2D eigenvalue weighted by Crippen LogP contribution is 2.20. The van der Waals surface area contributed by atoms with Crippen LogP contribution in [0.2, 0.25) is 0 Å². The SMILES string of the molecule is COCCNC(=O)/C(C#N)=C\N1CCCCC1CCO. The summed E-state index contributed by atoms with van der Waals surface area (Å²) in [5.41, 5.74) is 0.103. The van der Waals surface area contributed by atoms with Gasteiger partial charge in [-0.05, 0) is 25.7 Å². The largest absolute Gasteiger partial charge is 0.396 e. The van der Waals surface area contributed by atoms with E-state index in [0.717, 1.165) is 25.8 Å². The van der Waals surface area contributed by atoms with Gasteiger partial charge in [-0.15, -0.1) is 0 Å². The average Bonchev–Trinajstić information content (AvgIpc) is 2.46. The first kappa shape index (κ1) is 16.5. The Morgan fingerprint density at radius 3 is 3.05 bits per heavy atom. The normalized spacial score (nSPS) is 19.6. The highest BCUT2D eigenvalue weighted by atomic mass is 16.5. The third-order valence-corrected chi connectivity index (χ3v) is 3.39. The summed E-state index contributed by atoms with van der Waals surface area (Å²) in [4.78, 5) is 13.9. The number of methoxy groups -OCH3 is 1. The van der Waals surface area contributed by atoms with Gasteiger partial charge in [-0.2, -0.15) is 5.26 Å². The fourth-order valence-electron chi connectivity index (χ4n) is 2.32. The highest BCUT2D eigenvalue weighted by molar-refractivity contribution is 5.97. The molecule has 1 heterocycles. The number of aliphatic hydroxyl groups excluding tert-OH is 1. The molecule has 0 aromatic heterocycles. The van der Waals surface area contributed by atoms with Gasteiger partial charge in [-0.1, -0.05) is 0 Å². The van der Waals surface area contributed by atoms with Gasteiger partial charge in [0.15, 0.2) is 0 Å². The number of rotatable bonds is 7. The molecule has 1 atom stereocenters. The second-order valence-electron chi connectivity index (χ2n) is 4.80. The lowest BCUT2D eigenvalue weighted by Crippen LogP contribution is -2.37. The maximum absolute atomic E-state index is 11.9. The van der Waals surface area contributed by atoms with E-state index in [4.69, 9.17) is 15.1 Å². The molecule has 0 aliphatic carbocycles. The number of hydrogen-bond donors (Lipinski definition) is 2. The van der Waals surface area contributed by atoms with E-state index in [-0.39, 0.29) is 24.1 Å². The number of likely N-dealkylation sites (tertiary alicyclic amines) is 1. The lowest BCUT2D eigenvalue weighted by Gasteiger charge is -2.34. The number of carbonyl (C=O) groups is 1. The predicted octanol–water partition coefficient (Wildman–Crippen LogP) is 0.393.